The summed E-state index contributed by atoms with van der Waals surface area (Å²) in [6, 6.07) is 17.3. The van der Waals surface area contributed by atoms with E-state index in [0.717, 1.165) is 50.9 Å². The molecule has 6 rings (SSSR count). The Bertz CT molecular complexity index is 1530. The fraction of sp³-hybridized carbons (Fsp3) is 0.250. The molecule has 0 bridgehead atoms. The number of aryl methyl sites for hydroxylation is 2. The molecule has 192 valence electrons. The number of rotatable bonds is 6. The number of carboxylic acid groups (broad SMARTS) is 1. The van der Waals surface area contributed by atoms with Gasteiger partial charge in [0.2, 0.25) is 0 Å². The molecule has 1 N–H and O–H groups in total. The third kappa shape index (κ3) is 4.30. The Kier molecular flexibility index (Phi) is 6.10. The summed E-state index contributed by atoms with van der Waals surface area (Å²) in [6.45, 7) is 4.55. The van der Waals surface area contributed by atoms with Crippen molar-refractivity contribution in [2.24, 2.45) is 0 Å². The zero-order valence-corrected chi connectivity index (χ0v) is 21.3. The fourth-order valence-electron chi connectivity index (χ4n) is 6.00. The molecule has 0 spiro atoms. The van der Waals surface area contributed by atoms with Gasteiger partial charge in [0.25, 0.3) is 0 Å². The normalized spacial score (nSPS) is 17.6. The minimum absolute atomic E-state index is 0.0273. The zero-order valence-electron chi connectivity index (χ0n) is 21.3. The Hall–Kier alpha value is -4.19. The molecule has 0 fully saturated rings. The van der Waals surface area contributed by atoms with Gasteiger partial charge < -0.3 is 14.6 Å². The van der Waals surface area contributed by atoms with Crippen LogP contribution in [-0.4, -0.2) is 22.7 Å². The minimum atomic E-state index is -0.849. The summed E-state index contributed by atoms with van der Waals surface area (Å²) in [5, 5.41) is 9.15. The average Bonchev–Trinajstić information content (AvgIpc) is 3.50. The highest BCUT2D eigenvalue weighted by atomic mass is 19.1. The van der Waals surface area contributed by atoms with Crippen molar-refractivity contribution < 1.29 is 23.8 Å². The van der Waals surface area contributed by atoms with Crippen LogP contribution in [0.3, 0.4) is 0 Å². The van der Waals surface area contributed by atoms with E-state index in [1.165, 1.54) is 0 Å². The Balaban J connectivity index is 1.31. The molecule has 2 atom stereocenters. The Morgan fingerprint density at radius 2 is 1.82 bits per heavy atom. The number of carboxylic acids is 1. The van der Waals surface area contributed by atoms with Crippen molar-refractivity contribution in [1.29, 1.82) is 0 Å². The summed E-state index contributed by atoms with van der Waals surface area (Å²) in [4.78, 5) is 15.3. The van der Waals surface area contributed by atoms with Crippen LogP contribution >= 0.6 is 0 Å². The second kappa shape index (κ2) is 9.60. The first-order valence-corrected chi connectivity index (χ1v) is 12.9. The highest BCUT2D eigenvalue weighted by Crippen LogP contribution is 2.45. The van der Waals surface area contributed by atoms with E-state index in [9.17, 15) is 4.79 Å². The molecule has 0 saturated carbocycles. The van der Waals surface area contributed by atoms with Crippen LogP contribution in [-0.2, 0) is 11.2 Å². The summed E-state index contributed by atoms with van der Waals surface area (Å²) in [6.07, 6.45) is 4.61. The molecule has 38 heavy (non-hydrogen) atoms. The van der Waals surface area contributed by atoms with Gasteiger partial charge in [-0.1, -0.05) is 24.3 Å². The third-order valence-electron chi connectivity index (χ3n) is 7.66. The van der Waals surface area contributed by atoms with Crippen molar-refractivity contribution >= 4 is 5.97 Å². The van der Waals surface area contributed by atoms with Crippen LogP contribution in [0.25, 0.3) is 22.3 Å². The molecule has 1 aliphatic carbocycles. The molecule has 1 aliphatic heterocycles. The summed E-state index contributed by atoms with van der Waals surface area (Å²) in [5.41, 5.74) is 9.21. The molecule has 0 saturated heterocycles. The van der Waals surface area contributed by atoms with Crippen molar-refractivity contribution in [3.63, 3.8) is 0 Å². The minimum Gasteiger partial charge on any atom is -0.492 e. The number of pyridine rings is 1. The summed E-state index contributed by atoms with van der Waals surface area (Å²) in [7, 11) is 0. The fourth-order valence-corrected chi connectivity index (χ4v) is 6.00. The van der Waals surface area contributed by atoms with Gasteiger partial charge in [-0.3, -0.25) is 9.78 Å². The maximum absolute atomic E-state index is 15.3. The standard InChI is InChI=1S/C32H28FNO4/c1-18-13-21(20-9-11-34-12-10-20)14-19(2)31(18)25-5-7-27(33)32-26(25)6-8-28(32)38-23-3-4-24-22(15-30(35)36)17-37-29(24)16-23/h3-5,7,9-14,16,22,28H,6,8,15,17H2,1-2H3,(H,35,36)/t22?,28-/m1/s1. The molecule has 6 heteroatoms. The van der Waals surface area contributed by atoms with Crippen molar-refractivity contribution in [3.05, 3.63) is 101 Å². The van der Waals surface area contributed by atoms with Crippen LogP contribution in [0.5, 0.6) is 11.5 Å². The summed E-state index contributed by atoms with van der Waals surface area (Å²) in [5.74, 6) is -0.0367. The van der Waals surface area contributed by atoms with E-state index >= 15 is 4.39 Å². The topological polar surface area (TPSA) is 68.7 Å². The number of benzene rings is 3. The highest BCUT2D eigenvalue weighted by Gasteiger charge is 2.32. The van der Waals surface area contributed by atoms with Crippen LogP contribution in [0.4, 0.5) is 4.39 Å². The second-order valence-electron chi connectivity index (χ2n) is 10.2. The van der Waals surface area contributed by atoms with E-state index in [0.29, 0.717) is 30.1 Å². The first-order valence-electron chi connectivity index (χ1n) is 12.9. The van der Waals surface area contributed by atoms with Gasteiger partial charge in [0, 0.05) is 35.5 Å². The van der Waals surface area contributed by atoms with Crippen LogP contribution in [0.2, 0.25) is 0 Å². The van der Waals surface area contributed by atoms with Crippen LogP contribution < -0.4 is 9.47 Å². The second-order valence-corrected chi connectivity index (χ2v) is 10.2. The number of nitrogens with zero attached hydrogens (tertiary/aromatic N) is 1. The van der Waals surface area contributed by atoms with Gasteiger partial charge in [-0.15, -0.1) is 0 Å². The molecule has 4 aromatic rings. The van der Waals surface area contributed by atoms with Gasteiger partial charge in [0.15, 0.2) is 0 Å². The predicted molar refractivity (Wildman–Crippen MR) is 143 cm³/mol. The van der Waals surface area contributed by atoms with Crippen molar-refractivity contribution in [1.82, 2.24) is 4.98 Å². The Morgan fingerprint density at radius 1 is 1.05 bits per heavy atom. The number of aromatic nitrogens is 1. The number of hydrogen-bond acceptors (Lipinski definition) is 4. The Labute approximate surface area is 220 Å². The quantitative estimate of drug-likeness (QED) is 0.298. The van der Waals surface area contributed by atoms with Crippen molar-refractivity contribution in [3.8, 4) is 33.8 Å². The van der Waals surface area contributed by atoms with E-state index in [1.807, 2.05) is 30.3 Å². The number of hydrogen-bond donors (Lipinski definition) is 1. The van der Waals surface area contributed by atoms with E-state index < -0.39 is 12.1 Å². The number of ether oxygens (including phenoxy) is 2. The lowest BCUT2D eigenvalue weighted by atomic mass is 9.88. The molecule has 0 amide bonds. The van der Waals surface area contributed by atoms with Crippen molar-refractivity contribution in [2.75, 3.05) is 6.61 Å². The first-order chi connectivity index (χ1) is 18.4. The van der Waals surface area contributed by atoms with Crippen LogP contribution in [0.1, 0.15) is 52.7 Å². The van der Waals surface area contributed by atoms with Gasteiger partial charge >= 0.3 is 5.97 Å². The number of carbonyl (C=O) groups is 1. The van der Waals surface area contributed by atoms with Gasteiger partial charge in [-0.05, 0) is 89.9 Å². The molecule has 1 unspecified atom stereocenters. The highest BCUT2D eigenvalue weighted by molar-refractivity contribution is 5.79. The SMILES string of the molecule is Cc1cc(-c2ccncc2)cc(C)c1-c1ccc(F)c2c1CC[C@H]2Oc1ccc2c(c1)OCC2CC(=O)O. The summed E-state index contributed by atoms with van der Waals surface area (Å²) >= 11 is 0. The summed E-state index contributed by atoms with van der Waals surface area (Å²) < 4.78 is 27.3. The maximum Gasteiger partial charge on any atom is 0.304 e. The first kappa shape index (κ1) is 24.2. The van der Waals surface area contributed by atoms with Gasteiger partial charge in [0.1, 0.15) is 23.4 Å². The van der Waals surface area contributed by atoms with Gasteiger partial charge in [-0.25, -0.2) is 4.39 Å². The molecular formula is C32H28FNO4. The number of halogens is 1. The van der Waals surface area contributed by atoms with E-state index in [2.05, 4.69) is 31.0 Å². The molecule has 2 heterocycles. The lowest BCUT2D eigenvalue weighted by Crippen LogP contribution is -2.07. The van der Waals surface area contributed by atoms with E-state index in [-0.39, 0.29) is 18.2 Å². The third-order valence-corrected chi connectivity index (χ3v) is 7.66. The smallest absolute Gasteiger partial charge is 0.304 e. The number of aliphatic carboxylic acids is 1. The maximum atomic E-state index is 15.3. The molecule has 1 aromatic heterocycles. The Morgan fingerprint density at radius 3 is 2.55 bits per heavy atom. The van der Waals surface area contributed by atoms with Crippen LogP contribution in [0, 0.1) is 19.7 Å². The van der Waals surface area contributed by atoms with Gasteiger partial charge in [0.05, 0.1) is 13.0 Å². The molecule has 3 aromatic carbocycles. The monoisotopic (exact) mass is 509 g/mol. The molecular weight excluding hydrogens is 481 g/mol. The van der Waals surface area contributed by atoms with E-state index in [1.54, 1.807) is 24.5 Å². The molecule has 0 radical (unpaired) electrons. The number of fused-ring (bicyclic) bond motifs is 2. The predicted octanol–water partition coefficient (Wildman–Crippen LogP) is 7.19. The lowest BCUT2D eigenvalue weighted by Gasteiger charge is -2.19. The molecule has 2 aliphatic rings. The van der Waals surface area contributed by atoms with Gasteiger partial charge in [-0.2, -0.15) is 0 Å². The largest absolute Gasteiger partial charge is 0.492 e. The zero-order chi connectivity index (χ0) is 26.4. The van der Waals surface area contributed by atoms with Crippen molar-refractivity contribution in [2.45, 2.75) is 45.1 Å². The molecule has 5 nitrogen and oxygen atoms in total. The van der Waals surface area contributed by atoms with E-state index in [4.69, 9.17) is 14.6 Å². The average molecular weight is 510 g/mol. The lowest BCUT2D eigenvalue weighted by molar-refractivity contribution is -0.137. The van der Waals surface area contributed by atoms with Crippen LogP contribution in [0.15, 0.2) is 67.0 Å².